The third-order valence-corrected chi connectivity index (χ3v) is 5.53. The quantitative estimate of drug-likeness (QED) is 0.0488. The van der Waals surface area contributed by atoms with Crippen LogP contribution in [0.15, 0.2) is 35.3 Å². The first kappa shape index (κ1) is 33.3. The largest absolute Gasteiger partial charge is 0.481 e. The highest BCUT2D eigenvalue weighted by Gasteiger charge is 2.31. The third kappa shape index (κ3) is 13.2. The Balaban J connectivity index is 3.09. The number of aliphatic imine (C=N–C) groups is 1. The predicted molar refractivity (Wildman–Crippen MR) is 142 cm³/mol. The van der Waals surface area contributed by atoms with Crippen molar-refractivity contribution in [3.63, 3.8) is 0 Å². The van der Waals surface area contributed by atoms with Gasteiger partial charge < -0.3 is 49.1 Å². The molecule has 0 aliphatic carbocycles. The Bertz CT molecular complexity index is 1080. The number of primary amides is 1. The predicted octanol–water partition coefficient (Wildman–Crippen LogP) is -3.11. The highest BCUT2D eigenvalue weighted by Crippen LogP contribution is 2.07. The molecule has 1 aromatic carbocycles. The SMILES string of the molecule is NC(=O)CCC(NC(=O)C(Cc1ccccc1)NC(=O)C(N)CCCN=C(N)N)C(=O)NC(CC(=O)O)C(=O)O. The number of carboxylic acids is 2. The number of carbonyl (C=O) groups is 6. The highest BCUT2D eigenvalue weighted by atomic mass is 16.4. The minimum atomic E-state index is -1.80. The lowest BCUT2D eigenvalue weighted by Crippen LogP contribution is -2.57. The van der Waals surface area contributed by atoms with Gasteiger partial charge in [0.1, 0.15) is 18.1 Å². The van der Waals surface area contributed by atoms with Crippen molar-refractivity contribution in [2.45, 2.75) is 62.7 Å². The molecule has 16 heteroatoms. The fraction of sp³-hybridized carbons (Fsp3) is 0.458. The lowest BCUT2D eigenvalue weighted by molar-refractivity contribution is -0.147. The zero-order valence-corrected chi connectivity index (χ0v) is 21.7. The van der Waals surface area contributed by atoms with E-state index in [1.54, 1.807) is 30.3 Å². The standard InChI is InChI=1S/C24H36N8O8/c25-14(7-4-10-29-24(27)28)20(36)31-16(11-13-5-2-1-3-6-13)22(38)30-15(8-9-18(26)33)21(37)32-17(23(39)40)12-19(34)35/h1-3,5-6,14-17H,4,7-12,25H2,(H2,26,33)(H,30,38)(H,31,36)(H,32,37)(H,34,35)(H,39,40)(H4,27,28,29). The van der Waals surface area contributed by atoms with E-state index in [0.29, 0.717) is 12.0 Å². The number of nitrogens with two attached hydrogens (primary N) is 4. The van der Waals surface area contributed by atoms with E-state index in [4.69, 9.17) is 28.0 Å². The van der Waals surface area contributed by atoms with Crippen LogP contribution in [-0.2, 0) is 35.2 Å². The zero-order chi connectivity index (χ0) is 30.2. The Morgan fingerprint density at radius 1 is 0.800 bits per heavy atom. The normalized spacial score (nSPS) is 13.5. The molecular formula is C24H36N8O8. The summed E-state index contributed by atoms with van der Waals surface area (Å²) in [5.41, 5.74) is 22.3. The number of hydrogen-bond acceptors (Lipinski definition) is 8. The number of benzene rings is 1. The second-order valence-electron chi connectivity index (χ2n) is 8.87. The number of carbonyl (C=O) groups excluding carboxylic acids is 4. The molecule has 0 saturated heterocycles. The molecule has 4 atom stereocenters. The summed E-state index contributed by atoms with van der Waals surface area (Å²) in [6, 6.07) is 3.11. The van der Waals surface area contributed by atoms with E-state index in [1.165, 1.54) is 0 Å². The zero-order valence-electron chi connectivity index (χ0n) is 21.7. The van der Waals surface area contributed by atoms with Gasteiger partial charge in [-0.15, -0.1) is 0 Å². The molecule has 0 aliphatic heterocycles. The summed E-state index contributed by atoms with van der Waals surface area (Å²) >= 11 is 0. The molecule has 4 unspecified atom stereocenters. The second kappa shape index (κ2) is 17.0. The highest BCUT2D eigenvalue weighted by molar-refractivity contribution is 5.95. The van der Waals surface area contributed by atoms with Crippen LogP contribution >= 0.6 is 0 Å². The average molecular weight is 565 g/mol. The monoisotopic (exact) mass is 564 g/mol. The van der Waals surface area contributed by atoms with Gasteiger partial charge >= 0.3 is 11.9 Å². The van der Waals surface area contributed by atoms with Crippen LogP contribution in [0.4, 0.5) is 0 Å². The summed E-state index contributed by atoms with van der Waals surface area (Å²) in [4.78, 5) is 76.4. The van der Waals surface area contributed by atoms with E-state index in [1.807, 2.05) is 5.32 Å². The molecule has 220 valence electrons. The Kier molecular flexibility index (Phi) is 14.1. The van der Waals surface area contributed by atoms with Crippen molar-refractivity contribution in [2.75, 3.05) is 6.54 Å². The maximum absolute atomic E-state index is 13.3. The Morgan fingerprint density at radius 2 is 1.38 bits per heavy atom. The maximum Gasteiger partial charge on any atom is 0.326 e. The number of nitrogens with one attached hydrogen (secondary N) is 3. The number of hydrogen-bond donors (Lipinski definition) is 9. The fourth-order valence-electron chi connectivity index (χ4n) is 3.46. The molecule has 0 saturated carbocycles. The number of amides is 4. The molecule has 13 N–H and O–H groups in total. The smallest absolute Gasteiger partial charge is 0.326 e. The minimum Gasteiger partial charge on any atom is -0.481 e. The van der Waals surface area contributed by atoms with Gasteiger partial charge in [-0.05, 0) is 24.8 Å². The summed E-state index contributed by atoms with van der Waals surface area (Å²) < 4.78 is 0. The van der Waals surface area contributed by atoms with E-state index in [-0.39, 0.29) is 38.2 Å². The summed E-state index contributed by atoms with van der Waals surface area (Å²) in [5.74, 6) is -6.54. The van der Waals surface area contributed by atoms with E-state index in [9.17, 15) is 33.9 Å². The van der Waals surface area contributed by atoms with Crippen molar-refractivity contribution in [3.05, 3.63) is 35.9 Å². The molecule has 0 bridgehead atoms. The molecule has 40 heavy (non-hydrogen) atoms. The van der Waals surface area contributed by atoms with Gasteiger partial charge in [-0.2, -0.15) is 0 Å². The fourth-order valence-corrected chi connectivity index (χ4v) is 3.46. The molecule has 1 aromatic rings. The van der Waals surface area contributed by atoms with Crippen LogP contribution in [0.2, 0.25) is 0 Å². The average Bonchev–Trinajstić information content (AvgIpc) is 2.87. The number of rotatable bonds is 18. The molecule has 0 radical (unpaired) electrons. The lowest BCUT2D eigenvalue weighted by Gasteiger charge is -2.25. The Labute approximate surface area is 229 Å². The van der Waals surface area contributed by atoms with Gasteiger partial charge in [-0.25, -0.2) is 4.79 Å². The van der Waals surface area contributed by atoms with Crippen molar-refractivity contribution < 1.29 is 39.0 Å². The summed E-state index contributed by atoms with van der Waals surface area (Å²) in [5, 5.41) is 25.2. The van der Waals surface area contributed by atoms with Gasteiger partial charge in [-0.3, -0.25) is 29.0 Å². The molecule has 4 amide bonds. The maximum atomic E-state index is 13.3. The van der Waals surface area contributed by atoms with Crippen LogP contribution in [-0.4, -0.2) is 82.5 Å². The van der Waals surface area contributed by atoms with Crippen molar-refractivity contribution in [1.82, 2.24) is 16.0 Å². The molecule has 16 nitrogen and oxygen atoms in total. The van der Waals surface area contributed by atoms with E-state index in [2.05, 4.69) is 15.6 Å². The molecule has 0 spiro atoms. The third-order valence-electron chi connectivity index (χ3n) is 5.53. The number of guanidine groups is 1. The van der Waals surface area contributed by atoms with Gasteiger partial charge in [0, 0.05) is 19.4 Å². The first-order valence-corrected chi connectivity index (χ1v) is 12.3. The first-order chi connectivity index (χ1) is 18.8. The van der Waals surface area contributed by atoms with Gasteiger partial charge in [0.2, 0.25) is 23.6 Å². The molecule has 0 fully saturated rings. The topological polar surface area (TPSA) is 295 Å². The Hall–Kier alpha value is -4.73. The molecule has 0 aliphatic rings. The van der Waals surface area contributed by atoms with Crippen LogP contribution in [0.1, 0.15) is 37.7 Å². The molecular weight excluding hydrogens is 528 g/mol. The molecule has 1 rings (SSSR count). The molecule has 0 heterocycles. The van der Waals surface area contributed by atoms with E-state index >= 15 is 0 Å². The summed E-state index contributed by atoms with van der Waals surface area (Å²) in [7, 11) is 0. The van der Waals surface area contributed by atoms with Crippen molar-refractivity contribution in [2.24, 2.45) is 27.9 Å². The van der Waals surface area contributed by atoms with Gasteiger partial charge in [0.05, 0.1) is 12.5 Å². The van der Waals surface area contributed by atoms with Crippen LogP contribution in [0.5, 0.6) is 0 Å². The number of carboxylic acid groups (broad SMARTS) is 2. The molecule has 0 aromatic heterocycles. The number of nitrogens with zero attached hydrogens (tertiary/aromatic N) is 1. The van der Waals surface area contributed by atoms with Crippen molar-refractivity contribution >= 4 is 41.5 Å². The van der Waals surface area contributed by atoms with Crippen LogP contribution in [0.25, 0.3) is 0 Å². The van der Waals surface area contributed by atoms with E-state index in [0.717, 1.165) is 0 Å². The summed E-state index contributed by atoms with van der Waals surface area (Å²) in [6.07, 6.45) is -1.01. The van der Waals surface area contributed by atoms with Gasteiger partial charge in [-0.1, -0.05) is 30.3 Å². The minimum absolute atomic E-state index is 0.0000570. The number of aliphatic carboxylic acids is 2. The van der Waals surface area contributed by atoms with Crippen molar-refractivity contribution in [1.29, 1.82) is 0 Å². The van der Waals surface area contributed by atoms with Crippen LogP contribution in [0.3, 0.4) is 0 Å². The first-order valence-electron chi connectivity index (χ1n) is 12.3. The van der Waals surface area contributed by atoms with Crippen LogP contribution < -0.4 is 38.9 Å². The Morgan fingerprint density at radius 3 is 1.93 bits per heavy atom. The van der Waals surface area contributed by atoms with Gasteiger partial charge in [0.15, 0.2) is 5.96 Å². The van der Waals surface area contributed by atoms with Crippen molar-refractivity contribution in [3.8, 4) is 0 Å². The van der Waals surface area contributed by atoms with Crippen LogP contribution in [0, 0.1) is 0 Å². The van der Waals surface area contributed by atoms with Gasteiger partial charge in [0.25, 0.3) is 0 Å². The van der Waals surface area contributed by atoms with E-state index < -0.39 is 66.2 Å². The second-order valence-corrected chi connectivity index (χ2v) is 8.87. The summed E-state index contributed by atoms with van der Waals surface area (Å²) in [6.45, 7) is 0.243. The lowest BCUT2D eigenvalue weighted by atomic mass is 10.0.